The second-order valence-electron chi connectivity index (χ2n) is 13.5. The van der Waals surface area contributed by atoms with E-state index in [1.165, 1.54) is 15.7 Å². The van der Waals surface area contributed by atoms with E-state index in [-0.39, 0.29) is 10.8 Å². The van der Waals surface area contributed by atoms with Crippen molar-refractivity contribution < 1.29 is 28.2 Å². The Kier molecular flexibility index (Phi) is 6.61. The molecule has 5 aromatic rings. The molecule has 226 valence electrons. The van der Waals surface area contributed by atoms with Gasteiger partial charge in [-0.05, 0) is 17.0 Å². The monoisotopic (exact) mass is 754 g/mol. The Morgan fingerprint density at radius 3 is 2.37 bits per heavy atom. The third-order valence-electron chi connectivity index (χ3n) is 8.27. The van der Waals surface area contributed by atoms with Crippen molar-refractivity contribution in [1.82, 2.24) is 14.1 Å². The minimum atomic E-state index is -2.34. The van der Waals surface area contributed by atoms with Crippen LogP contribution in [0.4, 0.5) is 11.5 Å². The molecule has 6 rings (SSSR count). The van der Waals surface area contributed by atoms with Gasteiger partial charge in [0.2, 0.25) is 0 Å². The molecule has 1 atom stereocenters. The molecule has 2 aromatic heterocycles. The van der Waals surface area contributed by atoms with E-state index in [0.717, 1.165) is 35.6 Å². The molecule has 0 N–H and O–H groups in total. The van der Waals surface area contributed by atoms with Crippen molar-refractivity contribution in [2.75, 3.05) is 11.4 Å². The predicted octanol–water partition coefficient (Wildman–Crippen LogP) is 9.08. The first kappa shape index (κ1) is 26.0. The normalized spacial score (nSPS) is 16.9. The number of fused-ring (bicyclic) bond motifs is 2. The molecule has 43 heavy (non-hydrogen) atoms. The number of benzene rings is 3. The van der Waals surface area contributed by atoms with Crippen molar-refractivity contribution in [2.45, 2.75) is 71.6 Å². The summed E-state index contributed by atoms with van der Waals surface area (Å²) in [5.41, 5.74) is 6.41. The number of para-hydroxylation sites is 2. The van der Waals surface area contributed by atoms with E-state index in [9.17, 15) is 0 Å². The Bertz CT molecular complexity index is 2000. The molecule has 5 nitrogen and oxygen atoms in total. The van der Waals surface area contributed by atoms with Crippen molar-refractivity contribution >= 4 is 22.5 Å². The Balaban J connectivity index is 1.46. The van der Waals surface area contributed by atoms with Crippen LogP contribution in [0.1, 0.15) is 81.6 Å². The molecule has 0 saturated carbocycles. The number of pyridine rings is 1. The zero-order chi connectivity index (χ0) is 33.2. The molecule has 0 saturated heterocycles. The number of aromatic nitrogens is 3. The zero-order valence-corrected chi connectivity index (χ0v) is 28.1. The molecular weight excluding hydrogens is 712 g/mol. The van der Waals surface area contributed by atoms with Crippen LogP contribution < -0.4 is 9.64 Å². The van der Waals surface area contributed by atoms with Gasteiger partial charge in [-0.25, -0.2) is 0 Å². The molecule has 0 amide bonds. The number of rotatable bonds is 4. The summed E-state index contributed by atoms with van der Waals surface area (Å²) in [7, 11) is 0. The van der Waals surface area contributed by atoms with Crippen molar-refractivity contribution in [2.24, 2.45) is 6.98 Å². The predicted molar refractivity (Wildman–Crippen MR) is 171 cm³/mol. The number of hydrogen-bond donors (Lipinski definition) is 0. The number of imidazole rings is 1. The van der Waals surface area contributed by atoms with Crippen LogP contribution in [0.5, 0.6) is 11.5 Å². The Morgan fingerprint density at radius 2 is 1.65 bits per heavy atom. The fourth-order valence-corrected chi connectivity index (χ4v) is 6.43. The SMILES string of the molecule is [2H]C([2H])([2H])n1[c](=[Pt])n(-c2[c-]c(Oc3[c-]c4c(cc3)C(C)CCN4c3cc(C(C)(C)C)ccn3)cc(C(C)(C)C)c2)c2ccccc21. The molecule has 0 aliphatic carbocycles. The Morgan fingerprint density at radius 1 is 0.907 bits per heavy atom. The Hall–Kier alpha value is -3.43. The topological polar surface area (TPSA) is 35.2 Å². The fraction of sp³-hybridized carbons (Fsp3) is 0.351. The van der Waals surface area contributed by atoms with E-state index in [1.807, 2.05) is 47.2 Å². The second kappa shape index (κ2) is 10.9. The van der Waals surface area contributed by atoms with Gasteiger partial charge < -0.3 is 0 Å². The summed E-state index contributed by atoms with van der Waals surface area (Å²) in [6, 6.07) is 27.1. The summed E-state index contributed by atoms with van der Waals surface area (Å²) in [5, 5.41) is 0. The van der Waals surface area contributed by atoms with Gasteiger partial charge in [0.1, 0.15) is 0 Å². The van der Waals surface area contributed by atoms with Gasteiger partial charge in [-0.3, -0.25) is 0 Å². The molecule has 1 unspecified atom stereocenters. The number of aryl methyl sites for hydroxylation is 1. The number of hydrogen-bond acceptors (Lipinski definition) is 3. The van der Waals surface area contributed by atoms with E-state index in [2.05, 4.69) is 109 Å². The van der Waals surface area contributed by atoms with Gasteiger partial charge in [0.05, 0.1) is 0 Å². The number of nitrogens with zero attached hydrogens (tertiary/aromatic N) is 4. The fourth-order valence-electron chi connectivity index (χ4n) is 5.61. The minimum absolute atomic E-state index is 0.00947. The molecule has 0 bridgehead atoms. The van der Waals surface area contributed by atoms with Gasteiger partial charge in [-0.2, -0.15) is 0 Å². The molecule has 1 aliphatic rings. The molecule has 0 radical (unpaired) electrons. The first-order valence-electron chi connectivity index (χ1n) is 16.3. The van der Waals surface area contributed by atoms with Gasteiger partial charge in [-0.15, -0.1) is 0 Å². The van der Waals surface area contributed by atoms with Crippen LogP contribution in [0, 0.1) is 15.9 Å². The molecule has 3 aromatic carbocycles. The van der Waals surface area contributed by atoms with Crippen LogP contribution >= 0.6 is 0 Å². The van der Waals surface area contributed by atoms with Crippen LogP contribution in [-0.2, 0) is 37.2 Å². The number of ether oxygens (including phenoxy) is 1. The van der Waals surface area contributed by atoms with E-state index >= 15 is 0 Å². The third kappa shape index (κ3) is 5.65. The first-order valence-corrected chi connectivity index (χ1v) is 15.9. The van der Waals surface area contributed by atoms with Crippen molar-refractivity contribution in [1.29, 1.82) is 0 Å². The van der Waals surface area contributed by atoms with Crippen LogP contribution in [0.3, 0.4) is 0 Å². The summed E-state index contributed by atoms with van der Waals surface area (Å²) < 4.78 is 35.2. The van der Waals surface area contributed by atoms with Gasteiger partial charge in [0.15, 0.2) is 0 Å². The van der Waals surface area contributed by atoms with Gasteiger partial charge in [0, 0.05) is 6.20 Å². The van der Waals surface area contributed by atoms with E-state index in [0.29, 0.717) is 32.4 Å². The summed E-state index contributed by atoms with van der Waals surface area (Å²) in [6.07, 6.45) is 2.91. The molecular formula is C37H40N4OPt-2. The van der Waals surface area contributed by atoms with Crippen molar-refractivity contribution in [3.63, 3.8) is 0 Å². The maximum absolute atomic E-state index is 8.25. The van der Waals surface area contributed by atoms with Gasteiger partial charge >= 0.3 is 228 Å². The van der Waals surface area contributed by atoms with E-state index < -0.39 is 6.98 Å². The molecule has 0 spiro atoms. The third-order valence-corrected chi connectivity index (χ3v) is 9.28. The molecule has 6 heteroatoms. The molecule has 3 heterocycles. The maximum atomic E-state index is 8.25. The second-order valence-corrected chi connectivity index (χ2v) is 14.5. The standard InChI is InChI=1S/C37H40N4O.Pt/c1-25-16-18-40(35-21-26(15-17-38-35)36(2,3)4)34-23-29(13-14-31(25)34)42-30-20-27(37(5,6)7)19-28(22-30)41-24-39(8)32-11-9-10-12-33(32)41;/h9-15,17,19-21,25H,16,18H2,1-8H3;/q-2;/i8D3;. The average molecular weight is 755 g/mol. The quantitative estimate of drug-likeness (QED) is 0.172. The summed E-state index contributed by atoms with van der Waals surface area (Å²) in [6.45, 7) is 13.9. The van der Waals surface area contributed by atoms with Crippen LogP contribution in [0.2, 0.25) is 0 Å². The van der Waals surface area contributed by atoms with Gasteiger partial charge in [0.25, 0.3) is 0 Å². The summed E-state index contributed by atoms with van der Waals surface area (Å²) >= 11 is 2.10. The summed E-state index contributed by atoms with van der Waals surface area (Å²) in [4.78, 5) is 7.01. The van der Waals surface area contributed by atoms with E-state index in [1.54, 1.807) is 0 Å². The van der Waals surface area contributed by atoms with Crippen molar-refractivity contribution in [3.05, 3.63) is 99.5 Å². The van der Waals surface area contributed by atoms with Gasteiger partial charge in [-0.1, -0.05) is 20.8 Å². The van der Waals surface area contributed by atoms with Crippen LogP contribution in [-0.4, -0.2) is 20.7 Å². The van der Waals surface area contributed by atoms with E-state index in [4.69, 9.17) is 13.8 Å². The molecule has 1 aliphatic heterocycles. The summed E-state index contributed by atoms with van der Waals surface area (Å²) in [5.74, 6) is 2.42. The molecule has 0 fully saturated rings. The first-order chi connectivity index (χ1) is 21.5. The van der Waals surface area contributed by atoms with Crippen LogP contribution in [0.25, 0.3) is 16.7 Å². The van der Waals surface area contributed by atoms with Crippen molar-refractivity contribution in [3.8, 4) is 17.2 Å². The number of anilines is 2. The Labute approximate surface area is 270 Å². The average Bonchev–Trinajstić information content (AvgIpc) is 3.28. The van der Waals surface area contributed by atoms with Crippen LogP contribution in [0.15, 0.2) is 66.9 Å². The zero-order valence-electron chi connectivity index (χ0n) is 28.9.